The van der Waals surface area contributed by atoms with E-state index < -0.39 is 100 Å². The minimum absolute atomic E-state index is 0.00759. The Morgan fingerprint density at radius 3 is 2.12 bits per heavy atom. The molecule has 2 aromatic rings. The summed E-state index contributed by atoms with van der Waals surface area (Å²) in [5, 5.41) is 11.2. The van der Waals surface area contributed by atoms with Gasteiger partial charge in [0.2, 0.25) is 0 Å². The van der Waals surface area contributed by atoms with Crippen LogP contribution >= 0.6 is 0 Å². The van der Waals surface area contributed by atoms with E-state index in [2.05, 4.69) is 0 Å². The number of nitrogens with zero attached hydrogens (tertiary/aromatic N) is 1. The molecule has 2 saturated heterocycles. The molecule has 2 atom stereocenters. The van der Waals surface area contributed by atoms with Gasteiger partial charge in [-0.05, 0) is 49.6 Å². The first-order valence-electron chi connectivity index (χ1n) is 12.8. The van der Waals surface area contributed by atoms with Crippen LogP contribution in [0.1, 0.15) is 30.4 Å². The molecular formula is C26H23F8NO5S3. The Balaban J connectivity index is 1.68. The quantitative estimate of drug-likeness (QED) is 0.382. The zero-order valence-electron chi connectivity index (χ0n) is 21.8. The summed E-state index contributed by atoms with van der Waals surface area (Å²) in [5.41, 5.74) is -9.96. The number of sulfone groups is 1. The highest BCUT2D eigenvalue weighted by Gasteiger charge is 2.74. The molecule has 2 unspecified atom stereocenters. The van der Waals surface area contributed by atoms with Gasteiger partial charge in [0.05, 0.1) is 10.9 Å². The van der Waals surface area contributed by atoms with Crippen LogP contribution in [-0.4, -0.2) is 73.0 Å². The Morgan fingerprint density at radius 2 is 1.56 bits per heavy atom. The second-order valence-electron chi connectivity index (χ2n) is 10.7. The standard InChI is InChI=1S/C26H23F8NO5S3/c27-16-2-4-17(5-3-16)43(38,39)23-7-10-35(21(36)22(37)8-11-42(41)12-9-22)20(23)14-40-19-13-15(1-6-18(19)23)24(28,25(29,30)31)26(32,33)34/h1-6,13,20,37H,7-12,14H2. The van der Waals surface area contributed by atoms with Gasteiger partial charge in [0, 0.05) is 29.2 Å². The number of hydrogen-bond donors (Lipinski definition) is 1. The fourth-order valence-electron chi connectivity index (χ4n) is 6.06. The van der Waals surface area contributed by atoms with Gasteiger partial charge >= 0.3 is 18.0 Å². The molecule has 0 radical (unpaired) electrons. The average Bonchev–Trinajstić information content (AvgIpc) is 3.34. The predicted molar refractivity (Wildman–Crippen MR) is 141 cm³/mol. The van der Waals surface area contributed by atoms with E-state index >= 15 is 0 Å². The summed E-state index contributed by atoms with van der Waals surface area (Å²) >= 11 is 5.26. The Bertz CT molecular complexity index is 1550. The van der Waals surface area contributed by atoms with Crippen molar-refractivity contribution >= 4 is 36.4 Å². The van der Waals surface area contributed by atoms with Gasteiger partial charge in [-0.25, -0.2) is 17.2 Å². The van der Waals surface area contributed by atoms with Gasteiger partial charge in [-0.1, -0.05) is 23.3 Å². The monoisotopic (exact) mass is 677 g/mol. The number of hydrogen-bond acceptors (Lipinski definition) is 6. The number of likely N-dealkylation sites (tertiary alicyclic amines) is 1. The van der Waals surface area contributed by atoms with E-state index in [-0.39, 0.29) is 31.5 Å². The zero-order chi connectivity index (χ0) is 31.8. The molecule has 1 N–H and O–H groups in total. The maximum absolute atomic E-state index is 14.9. The summed E-state index contributed by atoms with van der Waals surface area (Å²) in [6.45, 7) is -1.00. The number of benzene rings is 2. The van der Waals surface area contributed by atoms with Crippen molar-refractivity contribution in [1.82, 2.24) is 4.90 Å². The van der Waals surface area contributed by atoms with Crippen LogP contribution in [-0.2, 0) is 45.7 Å². The number of halogens is 8. The van der Waals surface area contributed by atoms with Crippen LogP contribution in [0.5, 0.6) is 5.75 Å². The lowest BCUT2D eigenvalue weighted by Crippen LogP contribution is -2.59. The molecule has 0 spiro atoms. The van der Waals surface area contributed by atoms with Crippen molar-refractivity contribution in [1.29, 1.82) is 0 Å². The van der Waals surface area contributed by atoms with Crippen molar-refractivity contribution in [3.05, 3.63) is 59.4 Å². The smallest absolute Gasteiger partial charge is 0.435 e. The molecule has 0 bridgehead atoms. The first-order valence-corrected chi connectivity index (χ1v) is 16.8. The van der Waals surface area contributed by atoms with E-state index in [0.717, 1.165) is 29.2 Å². The molecule has 0 saturated carbocycles. The number of carbonyl (C=O) groups is 1. The number of alkyl halides is 7. The van der Waals surface area contributed by atoms with Crippen LogP contribution in [0.2, 0.25) is 0 Å². The minimum Gasteiger partial charge on any atom is -0.491 e. The molecule has 17 heteroatoms. The summed E-state index contributed by atoms with van der Waals surface area (Å²) in [6, 6.07) is 3.14. The van der Waals surface area contributed by atoms with Crippen LogP contribution in [0.3, 0.4) is 0 Å². The average molecular weight is 678 g/mol. The third kappa shape index (κ3) is 4.76. The Morgan fingerprint density at radius 1 is 0.977 bits per heavy atom. The van der Waals surface area contributed by atoms with E-state index in [4.69, 9.17) is 15.9 Å². The number of fused-ring (bicyclic) bond motifs is 3. The van der Waals surface area contributed by atoms with Gasteiger partial charge in [-0.2, -0.15) is 26.3 Å². The molecule has 0 aromatic heterocycles. The lowest BCUT2D eigenvalue weighted by molar-refractivity contribution is -0.348. The molecule has 2 aromatic carbocycles. The van der Waals surface area contributed by atoms with Crippen LogP contribution in [0.15, 0.2) is 47.4 Å². The summed E-state index contributed by atoms with van der Waals surface area (Å²) in [7, 11) is -5.15. The fraction of sp³-hybridized carbons (Fsp3) is 0.500. The highest BCUT2D eigenvalue weighted by molar-refractivity contribution is 8.28. The van der Waals surface area contributed by atoms with E-state index in [1.807, 2.05) is 0 Å². The van der Waals surface area contributed by atoms with E-state index in [0.29, 0.717) is 17.6 Å². The van der Waals surface area contributed by atoms with Crippen LogP contribution in [0.25, 0.3) is 0 Å². The van der Waals surface area contributed by atoms with E-state index in [1.54, 1.807) is 0 Å². The largest absolute Gasteiger partial charge is 0.491 e. The molecule has 236 valence electrons. The number of ether oxygens (including phenoxy) is 1. The number of amides is 1. The lowest BCUT2D eigenvalue weighted by atomic mass is 9.84. The second kappa shape index (κ2) is 10.3. The molecule has 1 amide bonds. The van der Waals surface area contributed by atoms with Crippen LogP contribution < -0.4 is 4.74 Å². The highest BCUT2D eigenvalue weighted by atomic mass is 32.8. The number of rotatable bonds is 4. The molecule has 0 aliphatic carbocycles. The first-order chi connectivity index (χ1) is 19.8. The third-order valence-electron chi connectivity index (χ3n) is 8.40. The molecule has 2 fully saturated rings. The van der Waals surface area contributed by atoms with E-state index in [1.165, 1.54) is 0 Å². The fourth-order valence-corrected chi connectivity index (χ4v) is 10.2. The van der Waals surface area contributed by atoms with Crippen molar-refractivity contribution in [2.75, 3.05) is 24.7 Å². The normalized spacial score (nSPS) is 28.2. The summed E-state index contributed by atoms with van der Waals surface area (Å²) in [4.78, 5) is 14.3. The van der Waals surface area contributed by atoms with Gasteiger partial charge in [0.25, 0.3) is 5.91 Å². The Kier molecular flexibility index (Phi) is 7.70. The maximum atomic E-state index is 14.9. The topological polar surface area (TPSA) is 83.9 Å². The van der Waals surface area contributed by atoms with Crippen molar-refractivity contribution in [2.24, 2.45) is 0 Å². The lowest BCUT2D eigenvalue weighted by Gasteiger charge is -2.44. The van der Waals surface area contributed by atoms with Crippen LogP contribution in [0.4, 0.5) is 35.1 Å². The van der Waals surface area contributed by atoms with Crippen LogP contribution in [0, 0.1) is 5.82 Å². The first kappa shape index (κ1) is 32.0. The summed E-state index contributed by atoms with van der Waals surface area (Å²) in [5.74, 6) is -1.63. The summed E-state index contributed by atoms with van der Waals surface area (Å²) in [6.07, 6.45) is -13.2. The number of carbonyl (C=O) groups excluding carboxylic acids is 1. The van der Waals surface area contributed by atoms with Crippen molar-refractivity contribution in [2.45, 2.75) is 58.6 Å². The maximum Gasteiger partial charge on any atom is 0.435 e. The van der Waals surface area contributed by atoms with Crippen molar-refractivity contribution in [3.63, 3.8) is 0 Å². The van der Waals surface area contributed by atoms with Crippen molar-refractivity contribution < 1.29 is 58.2 Å². The molecular weight excluding hydrogens is 654 g/mol. The van der Waals surface area contributed by atoms with Gasteiger partial charge in [0.15, 0.2) is 9.84 Å². The molecule has 3 aliphatic rings. The zero-order valence-corrected chi connectivity index (χ0v) is 24.3. The van der Waals surface area contributed by atoms with Gasteiger partial charge in [0.1, 0.15) is 28.5 Å². The van der Waals surface area contributed by atoms with Crippen molar-refractivity contribution in [3.8, 4) is 5.75 Å². The van der Waals surface area contributed by atoms with E-state index in [9.17, 15) is 53.4 Å². The molecule has 43 heavy (non-hydrogen) atoms. The molecule has 6 nitrogen and oxygen atoms in total. The van der Waals surface area contributed by atoms with Gasteiger partial charge in [-0.15, -0.1) is 9.45 Å². The molecule has 3 aliphatic heterocycles. The van der Waals surface area contributed by atoms with Gasteiger partial charge < -0.3 is 14.7 Å². The SMILES string of the molecule is O=C(N1CCC2(S(=O)(=O)c3ccc(F)cc3)c3ccc(C(F)(C(F)(F)F)C(F)(F)F)cc3OCC12)C1(O)CCS(=S)CC1. The molecule has 3 heterocycles. The minimum atomic E-state index is -6.43. The highest BCUT2D eigenvalue weighted by Crippen LogP contribution is 2.57. The third-order valence-corrected chi connectivity index (χ3v) is 13.3. The van der Waals surface area contributed by atoms with Gasteiger partial charge in [-0.3, -0.25) is 4.79 Å². The Labute approximate surface area is 247 Å². The Hall–Kier alpha value is -2.37. The second-order valence-corrected chi connectivity index (χ2v) is 16.0. The number of aliphatic hydroxyl groups is 1. The summed E-state index contributed by atoms with van der Waals surface area (Å²) < 4.78 is 141. The predicted octanol–water partition coefficient (Wildman–Crippen LogP) is 4.38. The molecule has 5 rings (SSSR count).